The summed E-state index contributed by atoms with van der Waals surface area (Å²) in [6, 6.07) is 4.74. The molecule has 214 valence electrons. The highest BCUT2D eigenvalue weighted by atomic mass is 16.2. The molecule has 2 heterocycles. The van der Waals surface area contributed by atoms with E-state index in [1.807, 2.05) is 32.9 Å². The maximum atomic E-state index is 13.8. The van der Waals surface area contributed by atoms with Crippen LogP contribution in [0.15, 0.2) is 24.3 Å². The largest absolute Gasteiger partial charge is 0.345 e. The maximum absolute atomic E-state index is 13.8. The van der Waals surface area contributed by atoms with Crippen LogP contribution in [0.1, 0.15) is 90.1 Å². The summed E-state index contributed by atoms with van der Waals surface area (Å²) < 4.78 is 0. The molecule has 3 rings (SSSR count). The van der Waals surface area contributed by atoms with Crippen molar-refractivity contribution in [2.75, 3.05) is 13.1 Å². The first kappa shape index (κ1) is 30.3. The number of benzene rings is 1. The van der Waals surface area contributed by atoms with Crippen LogP contribution in [0.25, 0.3) is 0 Å². The van der Waals surface area contributed by atoms with Crippen LogP contribution < -0.4 is 10.6 Å². The number of nitrogens with zero attached hydrogens (tertiary/aromatic N) is 2. The molecule has 0 bridgehead atoms. The molecular formula is C30H44N4O5. The number of ketones is 1. The molecule has 0 saturated carbocycles. The number of fused-ring (bicyclic) bond motifs is 1. The molecule has 9 heteroatoms. The number of carbonyl (C=O) groups is 5. The van der Waals surface area contributed by atoms with Crippen molar-refractivity contribution in [1.82, 2.24) is 20.4 Å². The molecule has 2 aliphatic rings. The molecule has 2 fully saturated rings. The van der Waals surface area contributed by atoms with Crippen molar-refractivity contribution in [2.24, 2.45) is 5.92 Å². The van der Waals surface area contributed by atoms with Gasteiger partial charge in [-0.25, -0.2) is 0 Å². The Bertz CT molecular complexity index is 1090. The van der Waals surface area contributed by atoms with Crippen molar-refractivity contribution in [2.45, 2.75) is 104 Å². The molecule has 0 aliphatic carbocycles. The lowest BCUT2D eigenvalue weighted by atomic mass is 9.86. The summed E-state index contributed by atoms with van der Waals surface area (Å²) in [5, 5.41) is 5.62. The van der Waals surface area contributed by atoms with E-state index in [4.69, 9.17) is 0 Å². The predicted molar refractivity (Wildman–Crippen MR) is 149 cm³/mol. The second-order valence-electron chi connectivity index (χ2n) is 12.3. The Morgan fingerprint density at radius 1 is 0.974 bits per heavy atom. The number of carbonyl (C=O) groups excluding carboxylic acids is 5. The van der Waals surface area contributed by atoms with Gasteiger partial charge in [0.1, 0.15) is 18.1 Å². The molecule has 2 N–H and O–H groups in total. The van der Waals surface area contributed by atoms with E-state index in [0.29, 0.717) is 37.8 Å². The van der Waals surface area contributed by atoms with Gasteiger partial charge in [0.25, 0.3) is 5.91 Å². The van der Waals surface area contributed by atoms with E-state index in [-0.39, 0.29) is 47.3 Å². The van der Waals surface area contributed by atoms with Crippen molar-refractivity contribution in [3.05, 3.63) is 35.4 Å². The fraction of sp³-hybridized carbons (Fsp3) is 0.633. The second kappa shape index (κ2) is 12.3. The van der Waals surface area contributed by atoms with E-state index in [1.54, 1.807) is 17.0 Å². The molecule has 0 radical (unpaired) electrons. The first-order chi connectivity index (χ1) is 18.2. The van der Waals surface area contributed by atoms with Gasteiger partial charge in [-0.2, -0.15) is 0 Å². The normalized spacial score (nSPS) is 20.6. The summed E-state index contributed by atoms with van der Waals surface area (Å²) in [4.78, 5) is 68.1. The van der Waals surface area contributed by atoms with Crippen LogP contribution in [0, 0.1) is 5.92 Å². The van der Waals surface area contributed by atoms with Gasteiger partial charge in [-0.3, -0.25) is 24.0 Å². The van der Waals surface area contributed by atoms with Crippen LogP contribution >= 0.6 is 0 Å². The average Bonchev–Trinajstić information content (AvgIpc) is 3.42. The van der Waals surface area contributed by atoms with Crippen molar-refractivity contribution in [3.63, 3.8) is 0 Å². The van der Waals surface area contributed by atoms with E-state index in [9.17, 15) is 24.0 Å². The Kier molecular flexibility index (Phi) is 9.56. The zero-order valence-electron chi connectivity index (χ0n) is 24.4. The molecule has 0 spiro atoms. The zero-order chi connectivity index (χ0) is 29.1. The molecule has 39 heavy (non-hydrogen) atoms. The predicted octanol–water partition coefficient (Wildman–Crippen LogP) is 2.81. The molecule has 2 saturated heterocycles. The summed E-state index contributed by atoms with van der Waals surface area (Å²) in [5.41, 5.74) is 1.53. The van der Waals surface area contributed by atoms with Gasteiger partial charge in [0.15, 0.2) is 5.78 Å². The quantitative estimate of drug-likeness (QED) is 0.500. The van der Waals surface area contributed by atoms with E-state index in [0.717, 1.165) is 5.56 Å². The summed E-state index contributed by atoms with van der Waals surface area (Å²) in [6.07, 6.45) is 2.08. The van der Waals surface area contributed by atoms with Crippen LogP contribution in [0.3, 0.4) is 0 Å². The van der Waals surface area contributed by atoms with E-state index in [1.165, 1.54) is 11.8 Å². The number of likely N-dealkylation sites (tertiary alicyclic amines) is 2. The lowest BCUT2D eigenvalue weighted by Crippen LogP contribution is -2.53. The van der Waals surface area contributed by atoms with Crippen LogP contribution in [0.5, 0.6) is 0 Å². The van der Waals surface area contributed by atoms with Gasteiger partial charge < -0.3 is 20.4 Å². The zero-order valence-corrected chi connectivity index (χ0v) is 24.4. The van der Waals surface area contributed by atoms with E-state index < -0.39 is 24.2 Å². The molecular weight excluding hydrogens is 496 g/mol. The van der Waals surface area contributed by atoms with Crippen molar-refractivity contribution in [3.8, 4) is 0 Å². The molecule has 4 atom stereocenters. The van der Waals surface area contributed by atoms with Gasteiger partial charge in [-0.05, 0) is 48.3 Å². The third-order valence-corrected chi connectivity index (χ3v) is 7.57. The fourth-order valence-electron chi connectivity index (χ4n) is 5.61. The lowest BCUT2D eigenvalue weighted by molar-refractivity contribution is -0.138. The van der Waals surface area contributed by atoms with Crippen molar-refractivity contribution in [1.29, 1.82) is 0 Å². The molecule has 0 aromatic heterocycles. The Balaban J connectivity index is 1.76. The van der Waals surface area contributed by atoms with Crippen LogP contribution in [-0.2, 0) is 24.6 Å². The lowest BCUT2D eigenvalue weighted by Gasteiger charge is -2.30. The minimum absolute atomic E-state index is 0.0424. The molecule has 1 aromatic carbocycles. The number of nitrogens with one attached hydrogen (secondary N) is 2. The highest BCUT2D eigenvalue weighted by molar-refractivity contribution is 6.01. The Labute approximate surface area is 232 Å². The van der Waals surface area contributed by atoms with Gasteiger partial charge in [0, 0.05) is 19.0 Å². The Hall–Kier alpha value is -3.23. The van der Waals surface area contributed by atoms with E-state index in [2.05, 4.69) is 31.4 Å². The summed E-state index contributed by atoms with van der Waals surface area (Å²) in [6.45, 7) is 13.8. The molecule has 2 aliphatic heterocycles. The Morgan fingerprint density at radius 2 is 1.59 bits per heavy atom. The van der Waals surface area contributed by atoms with Gasteiger partial charge in [-0.15, -0.1) is 0 Å². The number of hydrogen-bond donors (Lipinski definition) is 2. The van der Waals surface area contributed by atoms with Gasteiger partial charge >= 0.3 is 0 Å². The summed E-state index contributed by atoms with van der Waals surface area (Å²) in [5.74, 6) is -1.28. The van der Waals surface area contributed by atoms with Crippen molar-refractivity contribution < 1.29 is 24.0 Å². The van der Waals surface area contributed by atoms with Crippen LogP contribution in [-0.4, -0.2) is 76.5 Å². The minimum atomic E-state index is -0.789. The minimum Gasteiger partial charge on any atom is -0.345 e. The standard InChI is InChI=1S/C30H44N4O5/c1-8-9-22(31-19(4)35)28(38)34-17-25(36)26-24(34)14-15-33(26)29(39)23(16-18(2)3)32-27(37)20-10-12-21(13-11-20)30(5,6)7/h10-13,18,22-24,26H,8-9,14-17H2,1-7H3,(H,31,35)(H,32,37). The smallest absolute Gasteiger partial charge is 0.251 e. The SMILES string of the molecule is CCCC(NC(C)=O)C(=O)N1CC(=O)C2C1CCN2C(=O)C(CC(C)C)NC(=O)c1ccc(C(C)(C)C)cc1. The first-order valence-electron chi connectivity index (χ1n) is 14.1. The third-order valence-electron chi connectivity index (χ3n) is 7.57. The number of Topliss-reactive ketones (excluding diaryl/α,β-unsaturated/α-hetero) is 1. The second-order valence-corrected chi connectivity index (χ2v) is 12.3. The van der Waals surface area contributed by atoms with Gasteiger partial charge in [0.2, 0.25) is 17.7 Å². The molecule has 4 amide bonds. The monoisotopic (exact) mass is 540 g/mol. The third kappa shape index (κ3) is 7.05. The molecule has 9 nitrogen and oxygen atoms in total. The molecule has 4 unspecified atom stereocenters. The van der Waals surface area contributed by atoms with Gasteiger partial charge in [0.05, 0.1) is 12.6 Å². The van der Waals surface area contributed by atoms with Crippen LogP contribution in [0.2, 0.25) is 0 Å². The maximum Gasteiger partial charge on any atom is 0.251 e. The first-order valence-corrected chi connectivity index (χ1v) is 14.1. The number of hydrogen-bond acceptors (Lipinski definition) is 5. The average molecular weight is 541 g/mol. The summed E-state index contributed by atoms with van der Waals surface area (Å²) in [7, 11) is 0. The number of amides is 4. The summed E-state index contributed by atoms with van der Waals surface area (Å²) >= 11 is 0. The highest BCUT2D eigenvalue weighted by Crippen LogP contribution is 2.31. The van der Waals surface area contributed by atoms with Gasteiger partial charge in [-0.1, -0.05) is 60.1 Å². The van der Waals surface area contributed by atoms with E-state index >= 15 is 0 Å². The molecule has 1 aromatic rings. The topological polar surface area (TPSA) is 116 Å². The number of rotatable bonds is 9. The highest BCUT2D eigenvalue weighted by Gasteiger charge is 2.53. The fourth-order valence-corrected chi connectivity index (χ4v) is 5.61. The Morgan fingerprint density at radius 3 is 2.13 bits per heavy atom. The van der Waals surface area contributed by atoms with Crippen LogP contribution in [0.4, 0.5) is 0 Å². The van der Waals surface area contributed by atoms with Crippen molar-refractivity contribution >= 4 is 29.4 Å².